The number of nitrogens with zero attached hydrogens (tertiary/aromatic N) is 1. The van der Waals surface area contributed by atoms with Gasteiger partial charge in [0.05, 0.1) is 12.1 Å². The van der Waals surface area contributed by atoms with Gasteiger partial charge in [0.1, 0.15) is 5.75 Å². The van der Waals surface area contributed by atoms with Crippen LogP contribution in [0.5, 0.6) is 5.75 Å². The van der Waals surface area contributed by atoms with Crippen molar-refractivity contribution in [2.75, 3.05) is 31.5 Å². The van der Waals surface area contributed by atoms with Gasteiger partial charge in [0.15, 0.2) is 6.10 Å². The van der Waals surface area contributed by atoms with Crippen LogP contribution in [0.2, 0.25) is 0 Å². The van der Waals surface area contributed by atoms with Crippen LogP contribution in [0.4, 0.5) is 5.69 Å². The highest BCUT2D eigenvalue weighted by atomic mass is 16.5. The Balaban J connectivity index is 1.39. The maximum Gasteiger partial charge on any atom is 0.266 e. The Morgan fingerprint density at radius 3 is 2.81 bits per heavy atom. The minimum absolute atomic E-state index is 0.0445. The monoisotopic (exact) mass is 359 g/mol. The number of carbonyl (C=O) groups excluding carboxylic acids is 2. The second-order valence-electron chi connectivity index (χ2n) is 7.26. The van der Waals surface area contributed by atoms with Gasteiger partial charge in [0.2, 0.25) is 5.91 Å². The number of carbonyl (C=O) groups is 2. The number of rotatable bonds is 6. The average molecular weight is 359 g/mol. The van der Waals surface area contributed by atoms with Crippen molar-refractivity contribution in [2.24, 2.45) is 0 Å². The maximum atomic E-state index is 12.2. The van der Waals surface area contributed by atoms with E-state index in [9.17, 15) is 9.59 Å². The van der Waals surface area contributed by atoms with Crippen LogP contribution in [0.1, 0.15) is 44.1 Å². The maximum absolute atomic E-state index is 12.2. The number of likely N-dealkylation sites (tertiary alicyclic amines) is 1. The topological polar surface area (TPSA) is 70.7 Å². The number of benzene rings is 1. The Bertz CT molecular complexity index is 639. The van der Waals surface area contributed by atoms with Gasteiger partial charge in [-0.2, -0.15) is 0 Å². The lowest BCUT2D eigenvalue weighted by atomic mass is 10.1. The second-order valence-corrected chi connectivity index (χ2v) is 7.26. The molecule has 1 aromatic rings. The van der Waals surface area contributed by atoms with E-state index in [1.54, 1.807) is 0 Å². The van der Waals surface area contributed by atoms with Crippen LogP contribution in [0.25, 0.3) is 0 Å². The molecule has 142 valence electrons. The van der Waals surface area contributed by atoms with Gasteiger partial charge in [-0.25, -0.2) is 0 Å². The quantitative estimate of drug-likeness (QED) is 0.766. The third-order valence-corrected chi connectivity index (χ3v) is 5.00. The summed E-state index contributed by atoms with van der Waals surface area (Å²) in [5, 5.41) is 5.73. The molecule has 1 atom stereocenters. The summed E-state index contributed by atoms with van der Waals surface area (Å²) in [6.45, 7) is 5.95. The molecule has 1 aromatic carbocycles. The average Bonchev–Trinajstić information content (AvgIpc) is 2.88. The van der Waals surface area contributed by atoms with E-state index < -0.39 is 6.10 Å². The number of anilines is 1. The van der Waals surface area contributed by atoms with E-state index in [4.69, 9.17) is 4.74 Å². The van der Waals surface area contributed by atoms with E-state index in [2.05, 4.69) is 15.5 Å². The molecule has 2 N–H and O–H groups in total. The van der Waals surface area contributed by atoms with Crippen molar-refractivity contribution in [1.29, 1.82) is 0 Å². The van der Waals surface area contributed by atoms with Crippen LogP contribution in [-0.4, -0.2) is 49.0 Å². The normalized spacial score (nSPS) is 20.5. The fourth-order valence-electron chi connectivity index (χ4n) is 3.53. The lowest BCUT2D eigenvalue weighted by Gasteiger charge is -2.25. The minimum atomic E-state index is -0.768. The van der Waals surface area contributed by atoms with E-state index >= 15 is 0 Å². The van der Waals surface area contributed by atoms with Gasteiger partial charge in [0, 0.05) is 6.54 Å². The molecule has 2 heterocycles. The van der Waals surface area contributed by atoms with Crippen molar-refractivity contribution < 1.29 is 14.3 Å². The molecule has 26 heavy (non-hydrogen) atoms. The summed E-state index contributed by atoms with van der Waals surface area (Å²) in [6.07, 6.45) is 5.44. The zero-order valence-electron chi connectivity index (χ0n) is 15.6. The summed E-state index contributed by atoms with van der Waals surface area (Å²) in [6, 6.07) is 5.62. The first-order valence-electron chi connectivity index (χ1n) is 9.69. The van der Waals surface area contributed by atoms with Gasteiger partial charge >= 0.3 is 0 Å². The highest BCUT2D eigenvalue weighted by molar-refractivity contribution is 6.00. The summed E-state index contributed by atoms with van der Waals surface area (Å²) in [7, 11) is 0. The molecule has 1 saturated heterocycles. The van der Waals surface area contributed by atoms with Crippen molar-refractivity contribution >= 4 is 17.5 Å². The van der Waals surface area contributed by atoms with Crippen molar-refractivity contribution in [1.82, 2.24) is 10.2 Å². The Kier molecular flexibility index (Phi) is 6.50. The van der Waals surface area contributed by atoms with Crippen LogP contribution in [0.15, 0.2) is 18.2 Å². The predicted molar refractivity (Wildman–Crippen MR) is 101 cm³/mol. The second kappa shape index (κ2) is 9.03. The Morgan fingerprint density at radius 1 is 1.27 bits per heavy atom. The van der Waals surface area contributed by atoms with Crippen LogP contribution >= 0.6 is 0 Å². The zero-order chi connectivity index (χ0) is 18.4. The number of aryl methyl sites for hydroxylation is 1. The lowest BCUT2D eigenvalue weighted by Crippen LogP contribution is -2.41. The summed E-state index contributed by atoms with van der Waals surface area (Å²) in [5.41, 5.74) is 1.72. The van der Waals surface area contributed by atoms with Crippen molar-refractivity contribution in [2.45, 2.75) is 51.6 Å². The fourth-order valence-corrected chi connectivity index (χ4v) is 3.53. The molecule has 1 fully saturated rings. The van der Waals surface area contributed by atoms with Gasteiger partial charge in [-0.05, 0) is 63.5 Å². The van der Waals surface area contributed by atoms with Crippen LogP contribution in [-0.2, 0) is 9.59 Å². The summed E-state index contributed by atoms with van der Waals surface area (Å²) in [5.74, 6) is 0.216. The number of hydrogen-bond acceptors (Lipinski definition) is 4. The smallest absolute Gasteiger partial charge is 0.266 e. The number of fused-ring (bicyclic) bond motifs is 1. The zero-order valence-corrected chi connectivity index (χ0v) is 15.6. The van der Waals surface area contributed by atoms with Crippen molar-refractivity contribution in [3.05, 3.63) is 23.8 Å². The first-order chi connectivity index (χ1) is 12.6. The molecule has 0 aromatic heterocycles. The molecule has 0 spiro atoms. The highest BCUT2D eigenvalue weighted by Gasteiger charge is 2.29. The van der Waals surface area contributed by atoms with Crippen molar-refractivity contribution in [3.63, 3.8) is 0 Å². The van der Waals surface area contributed by atoms with Gasteiger partial charge in [-0.3, -0.25) is 9.59 Å². The molecule has 0 radical (unpaired) electrons. The molecule has 0 saturated carbocycles. The molecular weight excluding hydrogens is 330 g/mol. The molecule has 2 amide bonds. The number of hydrogen-bond donors (Lipinski definition) is 2. The molecule has 6 heteroatoms. The Hall–Kier alpha value is -2.08. The van der Waals surface area contributed by atoms with E-state index in [1.165, 1.54) is 38.8 Å². The Morgan fingerprint density at radius 2 is 2.04 bits per heavy atom. The predicted octanol–water partition coefficient (Wildman–Crippen LogP) is 2.47. The van der Waals surface area contributed by atoms with Crippen molar-refractivity contribution in [3.8, 4) is 5.75 Å². The molecule has 1 unspecified atom stereocenters. The summed E-state index contributed by atoms with van der Waals surface area (Å²) >= 11 is 0. The Labute approximate surface area is 155 Å². The van der Waals surface area contributed by atoms with Gasteiger partial charge in [0.25, 0.3) is 5.91 Å². The molecular formula is C20H29N3O3. The van der Waals surface area contributed by atoms with Gasteiger partial charge < -0.3 is 20.3 Å². The number of nitrogens with one attached hydrogen (secondary N) is 2. The third kappa shape index (κ3) is 5.21. The van der Waals surface area contributed by atoms with Crippen LogP contribution in [0.3, 0.4) is 0 Å². The molecule has 0 aliphatic carbocycles. The SMILES string of the molecule is Cc1ccc2c(c1)NC(=O)C(CC(=O)NCCCN1CCCCCC1)O2. The molecule has 2 aliphatic rings. The van der Waals surface area contributed by atoms with E-state index in [-0.39, 0.29) is 18.2 Å². The van der Waals surface area contributed by atoms with Gasteiger partial charge in [-0.15, -0.1) is 0 Å². The number of amides is 2. The first kappa shape index (κ1) is 18.7. The van der Waals surface area contributed by atoms with Gasteiger partial charge in [-0.1, -0.05) is 18.9 Å². The minimum Gasteiger partial charge on any atom is -0.478 e. The van der Waals surface area contributed by atoms with E-state index in [1.807, 2.05) is 25.1 Å². The van der Waals surface area contributed by atoms with E-state index in [0.29, 0.717) is 18.0 Å². The molecule has 0 bridgehead atoms. The van der Waals surface area contributed by atoms with Crippen LogP contribution < -0.4 is 15.4 Å². The summed E-state index contributed by atoms with van der Waals surface area (Å²) < 4.78 is 5.70. The third-order valence-electron chi connectivity index (χ3n) is 5.00. The molecule has 3 rings (SSSR count). The number of ether oxygens (including phenoxy) is 1. The molecule has 6 nitrogen and oxygen atoms in total. The standard InChI is InChI=1S/C20H29N3O3/c1-15-7-8-17-16(13-15)22-20(25)18(26-17)14-19(24)21-9-6-12-23-10-4-2-3-5-11-23/h7-8,13,18H,2-6,9-12,14H2,1H3,(H,21,24)(H,22,25). The van der Waals surface area contributed by atoms with Crippen LogP contribution in [0, 0.1) is 6.92 Å². The molecule has 2 aliphatic heterocycles. The first-order valence-corrected chi connectivity index (χ1v) is 9.69. The lowest BCUT2D eigenvalue weighted by molar-refractivity contribution is -0.130. The summed E-state index contributed by atoms with van der Waals surface area (Å²) in [4.78, 5) is 26.8. The fraction of sp³-hybridized carbons (Fsp3) is 0.600. The highest BCUT2D eigenvalue weighted by Crippen LogP contribution is 2.30. The van der Waals surface area contributed by atoms with E-state index in [0.717, 1.165) is 18.5 Å². The largest absolute Gasteiger partial charge is 0.478 e.